The Labute approximate surface area is 152 Å². The molecule has 0 spiro atoms. The first kappa shape index (κ1) is 18.3. The Balaban J connectivity index is 1.51. The van der Waals surface area contributed by atoms with E-state index < -0.39 is 0 Å². The number of methoxy groups -OCH3 is 2. The van der Waals surface area contributed by atoms with Crippen molar-refractivity contribution in [3.63, 3.8) is 0 Å². The second-order valence-electron chi connectivity index (χ2n) is 6.22. The van der Waals surface area contributed by atoms with Crippen molar-refractivity contribution in [2.24, 2.45) is 0 Å². The van der Waals surface area contributed by atoms with Gasteiger partial charge in [-0.25, -0.2) is 0 Å². The Morgan fingerprint density at radius 3 is 2.88 bits per heavy atom. The van der Waals surface area contributed by atoms with Gasteiger partial charge in [0.15, 0.2) is 5.82 Å². The van der Waals surface area contributed by atoms with Crippen LogP contribution in [0.4, 0.5) is 0 Å². The molecule has 0 unspecified atom stereocenters. The number of aromatic nitrogens is 2. The normalized spacial score (nSPS) is 15.5. The predicted molar refractivity (Wildman–Crippen MR) is 93.6 cm³/mol. The molecule has 140 valence electrons. The van der Waals surface area contributed by atoms with Gasteiger partial charge in [-0.05, 0) is 17.7 Å². The molecule has 0 aliphatic carbocycles. The summed E-state index contributed by atoms with van der Waals surface area (Å²) in [5.74, 6) is 2.06. The zero-order valence-electron chi connectivity index (χ0n) is 15.2. The van der Waals surface area contributed by atoms with E-state index in [9.17, 15) is 4.79 Å². The molecule has 0 bridgehead atoms. The zero-order valence-corrected chi connectivity index (χ0v) is 15.2. The highest BCUT2D eigenvalue weighted by atomic mass is 16.5. The van der Waals surface area contributed by atoms with Gasteiger partial charge >= 0.3 is 0 Å². The molecule has 1 fully saturated rings. The van der Waals surface area contributed by atoms with Crippen molar-refractivity contribution in [3.8, 4) is 5.75 Å². The van der Waals surface area contributed by atoms with Crippen LogP contribution in [0, 0.1) is 0 Å². The van der Waals surface area contributed by atoms with Crippen molar-refractivity contribution < 1.29 is 18.8 Å². The van der Waals surface area contributed by atoms with Crippen LogP contribution in [0.5, 0.6) is 5.75 Å². The van der Waals surface area contributed by atoms with E-state index in [0.717, 1.165) is 17.9 Å². The summed E-state index contributed by atoms with van der Waals surface area (Å²) >= 11 is 0. The van der Waals surface area contributed by atoms with E-state index in [2.05, 4.69) is 10.1 Å². The second kappa shape index (κ2) is 8.77. The van der Waals surface area contributed by atoms with Crippen LogP contribution in [0.3, 0.4) is 0 Å². The Bertz CT molecular complexity index is 733. The summed E-state index contributed by atoms with van der Waals surface area (Å²) in [6, 6.07) is 7.79. The van der Waals surface area contributed by atoms with Crippen molar-refractivity contribution in [1.82, 2.24) is 19.9 Å². The molecule has 1 saturated heterocycles. The van der Waals surface area contributed by atoms with Gasteiger partial charge in [-0.2, -0.15) is 4.98 Å². The van der Waals surface area contributed by atoms with E-state index in [0.29, 0.717) is 50.9 Å². The summed E-state index contributed by atoms with van der Waals surface area (Å²) < 4.78 is 15.5. The van der Waals surface area contributed by atoms with Gasteiger partial charge in [0.2, 0.25) is 11.8 Å². The molecule has 1 aromatic heterocycles. The number of hydrogen-bond donors (Lipinski definition) is 0. The molecule has 8 heteroatoms. The summed E-state index contributed by atoms with van der Waals surface area (Å²) in [6.45, 7) is 3.41. The van der Waals surface area contributed by atoms with Crippen molar-refractivity contribution in [2.75, 3.05) is 40.5 Å². The maximum absolute atomic E-state index is 12.5. The van der Waals surface area contributed by atoms with Crippen LogP contribution < -0.4 is 4.74 Å². The molecule has 0 saturated carbocycles. The number of piperazine rings is 1. The van der Waals surface area contributed by atoms with E-state index in [1.807, 2.05) is 34.1 Å². The summed E-state index contributed by atoms with van der Waals surface area (Å²) in [5.41, 5.74) is 1.06. The molecular formula is C18H24N4O4. The third kappa shape index (κ3) is 4.80. The zero-order chi connectivity index (χ0) is 18.4. The summed E-state index contributed by atoms with van der Waals surface area (Å²) in [5, 5.41) is 3.93. The first-order valence-electron chi connectivity index (χ1n) is 8.61. The van der Waals surface area contributed by atoms with Gasteiger partial charge in [-0.15, -0.1) is 0 Å². The van der Waals surface area contributed by atoms with Crippen molar-refractivity contribution in [1.29, 1.82) is 0 Å². The Kier molecular flexibility index (Phi) is 6.19. The van der Waals surface area contributed by atoms with E-state index in [-0.39, 0.29) is 5.91 Å². The average molecular weight is 360 g/mol. The molecule has 3 rings (SSSR count). The molecular weight excluding hydrogens is 336 g/mol. The van der Waals surface area contributed by atoms with Crippen molar-refractivity contribution in [2.45, 2.75) is 19.5 Å². The summed E-state index contributed by atoms with van der Waals surface area (Å²) in [6.07, 6.45) is 0.618. The smallest absolute Gasteiger partial charge is 0.240 e. The lowest BCUT2D eigenvalue weighted by Crippen LogP contribution is -2.49. The molecule has 8 nitrogen and oxygen atoms in total. The fourth-order valence-electron chi connectivity index (χ4n) is 2.89. The first-order chi connectivity index (χ1) is 12.7. The molecule has 1 aliphatic rings. The van der Waals surface area contributed by atoms with Crippen LogP contribution in [0.25, 0.3) is 0 Å². The largest absolute Gasteiger partial charge is 0.497 e. The molecule has 26 heavy (non-hydrogen) atoms. The Morgan fingerprint density at radius 2 is 2.12 bits per heavy atom. The second-order valence-corrected chi connectivity index (χ2v) is 6.22. The lowest BCUT2D eigenvalue weighted by Gasteiger charge is -2.33. The first-order valence-corrected chi connectivity index (χ1v) is 8.61. The highest BCUT2D eigenvalue weighted by Crippen LogP contribution is 2.16. The predicted octanol–water partition coefficient (Wildman–Crippen LogP) is 1.11. The highest BCUT2D eigenvalue weighted by Gasteiger charge is 2.25. The Morgan fingerprint density at radius 1 is 1.23 bits per heavy atom. The minimum Gasteiger partial charge on any atom is -0.497 e. The molecule has 0 radical (unpaired) electrons. The van der Waals surface area contributed by atoms with Gasteiger partial charge in [-0.1, -0.05) is 17.3 Å². The highest BCUT2D eigenvalue weighted by molar-refractivity contribution is 5.79. The fraction of sp³-hybridized carbons (Fsp3) is 0.500. The van der Waals surface area contributed by atoms with Gasteiger partial charge in [0.05, 0.1) is 26.8 Å². The van der Waals surface area contributed by atoms with Gasteiger partial charge in [-0.3, -0.25) is 9.69 Å². The number of carbonyl (C=O) groups excluding carboxylic acids is 1. The summed E-state index contributed by atoms with van der Waals surface area (Å²) in [4.78, 5) is 20.7. The molecule has 0 N–H and O–H groups in total. The number of rotatable bonds is 8. The topological polar surface area (TPSA) is 80.9 Å². The van der Waals surface area contributed by atoms with Crippen LogP contribution in [-0.4, -0.2) is 66.3 Å². The number of hydrogen-bond acceptors (Lipinski definition) is 7. The minimum atomic E-state index is 0.0955. The van der Waals surface area contributed by atoms with E-state index in [4.69, 9.17) is 14.0 Å². The number of ether oxygens (including phenoxy) is 2. The van der Waals surface area contributed by atoms with Crippen LogP contribution in [0.1, 0.15) is 17.3 Å². The average Bonchev–Trinajstić information content (AvgIpc) is 3.10. The molecule has 2 aromatic rings. The molecule has 1 amide bonds. The van der Waals surface area contributed by atoms with Gasteiger partial charge in [0.25, 0.3) is 0 Å². The third-order valence-corrected chi connectivity index (χ3v) is 4.30. The minimum absolute atomic E-state index is 0.0955. The number of nitrogens with zero attached hydrogens (tertiary/aromatic N) is 4. The monoisotopic (exact) mass is 360 g/mol. The molecule has 1 aliphatic heterocycles. The molecule has 1 aromatic carbocycles. The van der Waals surface area contributed by atoms with E-state index in [1.54, 1.807) is 14.2 Å². The number of carbonyl (C=O) groups is 1. The van der Waals surface area contributed by atoms with Crippen LogP contribution >= 0.6 is 0 Å². The number of benzene rings is 1. The molecule has 2 heterocycles. The van der Waals surface area contributed by atoms with Crippen molar-refractivity contribution >= 4 is 5.91 Å². The maximum Gasteiger partial charge on any atom is 0.240 e. The van der Waals surface area contributed by atoms with Crippen LogP contribution in [0.15, 0.2) is 28.8 Å². The van der Waals surface area contributed by atoms with Gasteiger partial charge in [0.1, 0.15) is 5.75 Å². The van der Waals surface area contributed by atoms with Crippen LogP contribution in [0.2, 0.25) is 0 Å². The Hall–Kier alpha value is -2.45. The SMILES string of the molecule is COCCc1noc(CN2CCN(Cc3cccc(OC)c3)C(=O)C2)n1. The quantitative estimate of drug-likeness (QED) is 0.697. The van der Waals surface area contributed by atoms with E-state index >= 15 is 0 Å². The van der Waals surface area contributed by atoms with Gasteiger partial charge < -0.3 is 18.9 Å². The van der Waals surface area contributed by atoms with Gasteiger partial charge in [0, 0.05) is 33.2 Å². The maximum atomic E-state index is 12.5. The third-order valence-electron chi connectivity index (χ3n) is 4.30. The lowest BCUT2D eigenvalue weighted by atomic mass is 10.2. The standard InChI is InChI=1S/C18H24N4O4/c1-24-9-6-16-19-17(26-20-16)12-21-7-8-22(18(23)13-21)11-14-4-3-5-15(10-14)25-2/h3-5,10H,6-9,11-13H2,1-2H3. The van der Waals surface area contributed by atoms with E-state index in [1.165, 1.54) is 0 Å². The lowest BCUT2D eigenvalue weighted by molar-refractivity contribution is -0.137. The van der Waals surface area contributed by atoms with Crippen LogP contribution in [-0.2, 0) is 29.0 Å². The molecule has 0 atom stereocenters. The number of amides is 1. The van der Waals surface area contributed by atoms with Crippen molar-refractivity contribution in [3.05, 3.63) is 41.5 Å². The summed E-state index contributed by atoms with van der Waals surface area (Å²) in [7, 11) is 3.28. The fourth-order valence-corrected chi connectivity index (χ4v) is 2.89.